The van der Waals surface area contributed by atoms with Gasteiger partial charge in [-0.3, -0.25) is 9.36 Å². The molecular weight excluding hydrogens is 208 g/mol. The van der Waals surface area contributed by atoms with E-state index in [2.05, 4.69) is 10.2 Å². The van der Waals surface area contributed by atoms with Crippen LogP contribution >= 0.6 is 0 Å². The monoisotopic (exact) mass is 220 g/mol. The summed E-state index contributed by atoms with van der Waals surface area (Å²) in [4.78, 5) is 11.0. The van der Waals surface area contributed by atoms with E-state index in [1.165, 1.54) is 10.9 Å². The van der Waals surface area contributed by atoms with Crippen LogP contribution in [-0.4, -0.2) is 30.6 Å². The molecule has 2 rings (SSSR count). The SMILES string of the molecule is CCn1ccc(-c2c(C(=O)O)cnn2C)n1. The van der Waals surface area contributed by atoms with Crippen molar-refractivity contribution in [1.82, 2.24) is 19.6 Å². The van der Waals surface area contributed by atoms with Crippen LogP contribution in [0.25, 0.3) is 11.4 Å². The highest BCUT2D eigenvalue weighted by Crippen LogP contribution is 2.20. The van der Waals surface area contributed by atoms with Crippen LogP contribution in [0.3, 0.4) is 0 Å². The smallest absolute Gasteiger partial charge is 0.339 e. The zero-order valence-corrected chi connectivity index (χ0v) is 9.08. The minimum Gasteiger partial charge on any atom is -0.478 e. The van der Waals surface area contributed by atoms with E-state index in [4.69, 9.17) is 5.11 Å². The predicted molar refractivity (Wildman–Crippen MR) is 57.1 cm³/mol. The Morgan fingerprint density at radius 3 is 2.88 bits per heavy atom. The summed E-state index contributed by atoms with van der Waals surface area (Å²) in [5.41, 5.74) is 1.32. The third kappa shape index (κ3) is 1.58. The Bertz CT molecular complexity index is 527. The van der Waals surface area contributed by atoms with Gasteiger partial charge in [0.2, 0.25) is 0 Å². The fraction of sp³-hybridized carbons (Fsp3) is 0.300. The van der Waals surface area contributed by atoms with Crippen LogP contribution in [0.15, 0.2) is 18.5 Å². The van der Waals surface area contributed by atoms with Crippen molar-refractivity contribution in [3.8, 4) is 11.4 Å². The van der Waals surface area contributed by atoms with Crippen LogP contribution < -0.4 is 0 Å². The average molecular weight is 220 g/mol. The molecule has 0 bridgehead atoms. The maximum absolute atomic E-state index is 11.0. The number of aromatic nitrogens is 4. The largest absolute Gasteiger partial charge is 0.478 e. The molecule has 6 nitrogen and oxygen atoms in total. The molecule has 16 heavy (non-hydrogen) atoms. The van der Waals surface area contributed by atoms with E-state index < -0.39 is 5.97 Å². The van der Waals surface area contributed by atoms with Crippen molar-refractivity contribution in [3.05, 3.63) is 24.0 Å². The molecule has 0 aliphatic rings. The Hall–Kier alpha value is -2.11. The van der Waals surface area contributed by atoms with Gasteiger partial charge in [0.25, 0.3) is 0 Å². The zero-order valence-electron chi connectivity index (χ0n) is 9.08. The summed E-state index contributed by atoms with van der Waals surface area (Å²) in [5.74, 6) is -0.992. The van der Waals surface area contributed by atoms with Crippen molar-refractivity contribution in [2.45, 2.75) is 13.5 Å². The van der Waals surface area contributed by atoms with Gasteiger partial charge in [-0.1, -0.05) is 0 Å². The van der Waals surface area contributed by atoms with Crippen molar-refractivity contribution in [1.29, 1.82) is 0 Å². The lowest BCUT2D eigenvalue weighted by atomic mass is 10.2. The van der Waals surface area contributed by atoms with E-state index in [1.54, 1.807) is 17.8 Å². The molecule has 0 unspecified atom stereocenters. The molecular formula is C10H12N4O2. The van der Waals surface area contributed by atoms with E-state index in [0.717, 1.165) is 6.54 Å². The van der Waals surface area contributed by atoms with Gasteiger partial charge in [-0.05, 0) is 13.0 Å². The second kappa shape index (κ2) is 3.80. The van der Waals surface area contributed by atoms with Crippen molar-refractivity contribution in [3.63, 3.8) is 0 Å². The number of hydrogen-bond donors (Lipinski definition) is 1. The number of rotatable bonds is 3. The van der Waals surface area contributed by atoms with Crippen LogP contribution in [-0.2, 0) is 13.6 Å². The van der Waals surface area contributed by atoms with Gasteiger partial charge in [0.15, 0.2) is 0 Å². The van der Waals surface area contributed by atoms with E-state index in [0.29, 0.717) is 11.4 Å². The Labute approximate surface area is 92.1 Å². The number of nitrogens with zero attached hydrogens (tertiary/aromatic N) is 4. The van der Waals surface area contributed by atoms with E-state index in [9.17, 15) is 4.79 Å². The summed E-state index contributed by atoms with van der Waals surface area (Å²) < 4.78 is 3.26. The number of carbonyl (C=O) groups is 1. The maximum Gasteiger partial charge on any atom is 0.339 e. The fourth-order valence-corrected chi connectivity index (χ4v) is 1.56. The van der Waals surface area contributed by atoms with Gasteiger partial charge < -0.3 is 5.11 Å². The summed E-state index contributed by atoms with van der Waals surface area (Å²) in [6.07, 6.45) is 3.15. The summed E-state index contributed by atoms with van der Waals surface area (Å²) in [7, 11) is 1.70. The van der Waals surface area contributed by atoms with Crippen LogP contribution in [0, 0.1) is 0 Å². The van der Waals surface area contributed by atoms with Crippen molar-refractivity contribution in [2.75, 3.05) is 0 Å². The number of aryl methyl sites for hydroxylation is 2. The molecule has 6 heteroatoms. The van der Waals surface area contributed by atoms with E-state index in [-0.39, 0.29) is 5.56 Å². The second-order valence-corrected chi connectivity index (χ2v) is 3.39. The normalized spacial score (nSPS) is 10.6. The molecule has 2 aromatic rings. The topological polar surface area (TPSA) is 72.9 Å². The Balaban J connectivity index is 2.54. The first-order chi connectivity index (χ1) is 7.63. The van der Waals surface area contributed by atoms with Gasteiger partial charge in [0, 0.05) is 19.8 Å². The molecule has 2 aromatic heterocycles. The Morgan fingerprint density at radius 2 is 2.31 bits per heavy atom. The molecule has 84 valence electrons. The summed E-state index contributed by atoms with van der Waals surface area (Å²) in [6, 6.07) is 1.78. The lowest BCUT2D eigenvalue weighted by Crippen LogP contribution is -2.02. The molecule has 1 N–H and O–H groups in total. The van der Waals surface area contributed by atoms with E-state index in [1.807, 2.05) is 13.1 Å². The Morgan fingerprint density at radius 1 is 1.56 bits per heavy atom. The number of carboxylic acids is 1. The molecule has 0 aliphatic heterocycles. The third-order valence-corrected chi connectivity index (χ3v) is 2.38. The van der Waals surface area contributed by atoms with Gasteiger partial charge in [-0.2, -0.15) is 10.2 Å². The number of hydrogen-bond acceptors (Lipinski definition) is 3. The molecule has 0 amide bonds. The second-order valence-electron chi connectivity index (χ2n) is 3.39. The predicted octanol–water partition coefficient (Wildman–Crippen LogP) is 1.00. The first-order valence-electron chi connectivity index (χ1n) is 4.92. The van der Waals surface area contributed by atoms with Crippen molar-refractivity contribution in [2.24, 2.45) is 7.05 Å². The summed E-state index contributed by atoms with van der Waals surface area (Å²) in [6.45, 7) is 2.72. The summed E-state index contributed by atoms with van der Waals surface area (Å²) >= 11 is 0. The van der Waals surface area contributed by atoms with Crippen LogP contribution in [0.4, 0.5) is 0 Å². The maximum atomic E-state index is 11.0. The molecule has 0 radical (unpaired) electrons. The van der Waals surface area contributed by atoms with E-state index >= 15 is 0 Å². The minimum atomic E-state index is -0.992. The van der Waals surface area contributed by atoms with Crippen LogP contribution in [0.5, 0.6) is 0 Å². The molecule has 0 spiro atoms. The quantitative estimate of drug-likeness (QED) is 0.837. The van der Waals surface area contributed by atoms with Gasteiger partial charge in [-0.15, -0.1) is 0 Å². The molecule has 0 aliphatic carbocycles. The standard InChI is InChI=1S/C10H12N4O2/c1-3-14-5-4-8(12-14)9-7(10(15)16)6-11-13(9)2/h4-6H,3H2,1-2H3,(H,15,16). The Kier molecular flexibility index (Phi) is 2.47. The molecule has 0 saturated heterocycles. The third-order valence-electron chi connectivity index (χ3n) is 2.38. The van der Waals surface area contributed by atoms with Gasteiger partial charge in [0.1, 0.15) is 17.0 Å². The highest BCUT2D eigenvalue weighted by molar-refractivity contribution is 5.94. The molecule has 2 heterocycles. The highest BCUT2D eigenvalue weighted by atomic mass is 16.4. The van der Waals surface area contributed by atoms with Crippen molar-refractivity contribution >= 4 is 5.97 Å². The van der Waals surface area contributed by atoms with Crippen LogP contribution in [0.1, 0.15) is 17.3 Å². The number of carboxylic acid groups (broad SMARTS) is 1. The highest BCUT2D eigenvalue weighted by Gasteiger charge is 2.18. The molecule has 0 atom stereocenters. The lowest BCUT2D eigenvalue weighted by Gasteiger charge is -1.99. The average Bonchev–Trinajstić information content (AvgIpc) is 2.83. The zero-order chi connectivity index (χ0) is 11.7. The first kappa shape index (κ1) is 10.4. The summed E-state index contributed by atoms with van der Waals surface area (Å²) in [5, 5.41) is 17.2. The van der Waals surface area contributed by atoms with Crippen molar-refractivity contribution < 1.29 is 9.90 Å². The fourth-order valence-electron chi connectivity index (χ4n) is 1.56. The van der Waals surface area contributed by atoms with Gasteiger partial charge in [0.05, 0.1) is 6.20 Å². The molecule has 0 saturated carbocycles. The minimum absolute atomic E-state index is 0.170. The van der Waals surface area contributed by atoms with Gasteiger partial charge in [-0.25, -0.2) is 4.79 Å². The molecule has 0 fully saturated rings. The first-order valence-corrected chi connectivity index (χ1v) is 4.92. The van der Waals surface area contributed by atoms with Gasteiger partial charge >= 0.3 is 5.97 Å². The molecule has 0 aromatic carbocycles. The lowest BCUT2D eigenvalue weighted by molar-refractivity contribution is 0.0697. The number of aromatic carboxylic acids is 1. The van der Waals surface area contributed by atoms with Crippen LogP contribution in [0.2, 0.25) is 0 Å².